The first-order valence-corrected chi connectivity index (χ1v) is 8.39. The molecular weight excluding hydrogens is 328 g/mol. The van der Waals surface area contributed by atoms with Crippen LogP contribution in [0.4, 0.5) is 4.79 Å². The molecule has 6 nitrogen and oxygen atoms in total. The number of hydrogen-bond acceptors (Lipinski definition) is 3. The third kappa shape index (κ3) is 4.20. The fourth-order valence-corrected chi connectivity index (χ4v) is 2.96. The van der Waals surface area contributed by atoms with E-state index < -0.39 is 0 Å². The van der Waals surface area contributed by atoms with Crippen molar-refractivity contribution in [1.29, 1.82) is 0 Å². The Kier molecular flexibility index (Phi) is 5.25. The molecule has 3 rings (SSSR count). The highest BCUT2D eigenvalue weighted by atomic mass is 35.5. The Balaban J connectivity index is 1.39. The largest absolute Gasteiger partial charge is 0.492 e. The molecule has 1 aromatic heterocycles. The number of aromatic nitrogens is 2. The first kappa shape index (κ1) is 16.6. The first-order valence-electron chi connectivity index (χ1n) is 8.01. The smallest absolute Gasteiger partial charge is 0.317 e. The van der Waals surface area contributed by atoms with Crippen LogP contribution in [0, 0.1) is 0 Å². The number of hydrogen-bond donors (Lipinski definition) is 1. The molecule has 0 aliphatic carbocycles. The summed E-state index contributed by atoms with van der Waals surface area (Å²) in [6.45, 7) is 2.39. The maximum Gasteiger partial charge on any atom is 0.317 e. The van der Waals surface area contributed by atoms with Gasteiger partial charge in [0.1, 0.15) is 12.4 Å². The number of carbonyl (C=O) groups excluding carboxylic acids is 1. The molecule has 0 bridgehead atoms. The SMILES string of the molecule is Cn1cc([C@H]2CCN(C(=O)NCCOc3ccc(Cl)cc3)C2)cn1. The molecule has 1 atom stereocenters. The number of urea groups is 1. The number of ether oxygens (including phenoxy) is 1. The van der Waals surface area contributed by atoms with Crippen molar-refractivity contribution < 1.29 is 9.53 Å². The Morgan fingerprint density at radius 3 is 2.92 bits per heavy atom. The summed E-state index contributed by atoms with van der Waals surface area (Å²) < 4.78 is 7.36. The van der Waals surface area contributed by atoms with Gasteiger partial charge in [0.05, 0.1) is 12.7 Å². The molecule has 0 spiro atoms. The average Bonchev–Trinajstić information content (AvgIpc) is 3.22. The van der Waals surface area contributed by atoms with Crippen LogP contribution in [0.15, 0.2) is 36.7 Å². The van der Waals surface area contributed by atoms with Crippen molar-refractivity contribution in [2.24, 2.45) is 7.05 Å². The van der Waals surface area contributed by atoms with E-state index in [1.54, 1.807) is 16.8 Å². The van der Waals surface area contributed by atoms with E-state index in [0.717, 1.165) is 25.3 Å². The summed E-state index contributed by atoms with van der Waals surface area (Å²) in [5.74, 6) is 1.11. The second-order valence-electron chi connectivity index (χ2n) is 5.91. The van der Waals surface area contributed by atoms with Gasteiger partial charge in [-0.15, -0.1) is 0 Å². The van der Waals surface area contributed by atoms with Crippen molar-refractivity contribution >= 4 is 17.6 Å². The lowest BCUT2D eigenvalue weighted by atomic mass is 10.0. The number of halogens is 1. The van der Waals surface area contributed by atoms with Crippen molar-refractivity contribution in [3.63, 3.8) is 0 Å². The molecule has 2 heterocycles. The van der Waals surface area contributed by atoms with Crippen LogP contribution in [-0.2, 0) is 7.05 Å². The minimum Gasteiger partial charge on any atom is -0.492 e. The highest BCUT2D eigenvalue weighted by molar-refractivity contribution is 6.30. The number of rotatable bonds is 5. The zero-order valence-corrected chi connectivity index (χ0v) is 14.4. The molecule has 1 aliphatic heterocycles. The molecule has 0 radical (unpaired) electrons. The van der Waals surface area contributed by atoms with Crippen LogP contribution in [0.3, 0.4) is 0 Å². The third-order valence-electron chi connectivity index (χ3n) is 4.13. The van der Waals surface area contributed by atoms with Gasteiger partial charge in [-0.1, -0.05) is 11.6 Å². The number of aryl methyl sites for hydroxylation is 1. The van der Waals surface area contributed by atoms with Crippen LogP contribution in [0.25, 0.3) is 0 Å². The molecule has 128 valence electrons. The van der Waals surface area contributed by atoms with E-state index >= 15 is 0 Å². The van der Waals surface area contributed by atoms with Crippen LogP contribution in [0.2, 0.25) is 5.02 Å². The minimum atomic E-state index is -0.0407. The predicted octanol–water partition coefficient (Wildman–Crippen LogP) is 2.65. The van der Waals surface area contributed by atoms with Crippen molar-refractivity contribution in [2.75, 3.05) is 26.2 Å². The lowest BCUT2D eigenvalue weighted by Crippen LogP contribution is -2.40. The van der Waals surface area contributed by atoms with Crippen molar-refractivity contribution in [3.05, 3.63) is 47.2 Å². The Hall–Kier alpha value is -2.21. The summed E-state index contributed by atoms with van der Waals surface area (Å²) in [4.78, 5) is 14.1. The van der Waals surface area contributed by atoms with E-state index in [0.29, 0.717) is 24.1 Å². The summed E-state index contributed by atoms with van der Waals surface area (Å²) >= 11 is 5.82. The Morgan fingerprint density at radius 1 is 1.42 bits per heavy atom. The number of likely N-dealkylation sites (tertiary alicyclic amines) is 1. The summed E-state index contributed by atoms with van der Waals surface area (Å²) in [5, 5.41) is 7.77. The van der Waals surface area contributed by atoms with Gasteiger partial charge < -0.3 is 15.0 Å². The normalized spacial score (nSPS) is 17.1. The van der Waals surface area contributed by atoms with E-state index in [4.69, 9.17) is 16.3 Å². The summed E-state index contributed by atoms with van der Waals surface area (Å²) in [5.41, 5.74) is 1.19. The molecule has 1 aromatic carbocycles. The zero-order valence-electron chi connectivity index (χ0n) is 13.6. The third-order valence-corrected chi connectivity index (χ3v) is 4.38. The molecule has 24 heavy (non-hydrogen) atoms. The van der Waals surface area contributed by atoms with Crippen LogP contribution in [0.5, 0.6) is 5.75 Å². The van der Waals surface area contributed by atoms with Crippen LogP contribution < -0.4 is 10.1 Å². The molecule has 7 heteroatoms. The van der Waals surface area contributed by atoms with E-state index in [1.165, 1.54) is 5.56 Å². The van der Waals surface area contributed by atoms with Gasteiger partial charge in [0.25, 0.3) is 0 Å². The zero-order chi connectivity index (χ0) is 16.9. The van der Waals surface area contributed by atoms with Gasteiger partial charge in [0.2, 0.25) is 0 Å². The van der Waals surface area contributed by atoms with Crippen LogP contribution in [0.1, 0.15) is 17.9 Å². The molecule has 2 aromatic rings. The summed E-state index contributed by atoms with van der Waals surface area (Å²) in [6.07, 6.45) is 4.87. The Morgan fingerprint density at radius 2 is 2.21 bits per heavy atom. The fraction of sp³-hybridized carbons (Fsp3) is 0.412. The maximum absolute atomic E-state index is 12.2. The standard InChI is InChI=1S/C17H21ClN4O2/c1-21-11-14(10-20-21)13-6-8-22(12-13)17(23)19-7-9-24-16-4-2-15(18)3-5-16/h2-5,10-11,13H,6-9,12H2,1H3,(H,19,23)/t13-/m0/s1. The van der Waals surface area contributed by atoms with E-state index in [2.05, 4.69) is 10.4 Å². The predicted molar refractivity (Wildman–Crippen MR) is 92.5 cm³/mol. The van der Waals surface area contributed by atoms with Gasteiger partial charge >= 0.3 is 6.03 Å². The maximum atomic E-state index is 12.2. The van der Waals surface area contributed by atoms with Crippen LogP contribution >= 0.6 is 11.6 Å². The number of nitrogens with zero attached hydrogens (tertiary/aromatic N) is 3. The Bertz CT molecular complexity index is 686. The van der Waals surface area contributed by atoms with Gasteiger partial charge in [-0.3, -0.25) is 4.68 Å². The fourth-order valence-electron chi connectivity index (χ4n) is 2.84. The highest BCUT2D eigenvalue weighted by Crippen LogP contribution is 2.26. The molecule has 1 aliphatic rings. The number of amides is 2. The van der Waals surface area contributed by atoms with E-state index in [-0.39, 0.29) is 6.03 Å². The molecule has 1 N–H and O–H groups in total. The quantitative estimate of drug-likeness (QED) is 0.845. The van der Waals surface area contributed by atoms with Gasteiger partial charge in [-0.2, -0.15) is 5.10 Å². The summed E-state index contributed by atoms with van der Waals surface area (Å²) in [7, 11) is 1.91. The highest BCUT2D eigenvalue weighted by Gasteiger charge is 2.27. The Labute approximate surface area is 146 Å². The second-order valence-corrected chi connectivity index (χ2v) is 6.35. The van der Waals surface area contributed by atoms with Gasteiger partial charge in [-0.05, 0) is 36.2 Å². The van der Waals surface area contributed by atoms with Crippen molar-refractivity contribution in [3.8, 4) is 5.75 Å². The van der Waals surface area contributed by atoms with Gasteiger partial charge in [0.15, 0.2) is 0 Å². The second kappa shape index (κ2) is 7.57. The molecular formula is C17H21ClN4O2. The monoisotopic (exact) mass is 348 g/mol. The number of carbonyl (C=O) groups is 1. The molecule has 2 amide bonds. The van der Waals surface area contributed by atoms with E-state index in [9.17, 15) is 4.79 Å². The lowest BCUT2D eigenvalue weighted by Gasteiger charge is -2.17. The van der Waals surface area contributed by atoms with Crippen molar-refractivity contribution in [1.82, 2.24) is 20.0 Å². The summed E-state index contributed by atoms with van der Waals surface area (Å²) in [6, 6.07) is 7.13. The topological polar surface area (TPSA) is 59.4 Å². The van der Waals surface area contributed by atoms with Crippen molar-refractivity contribution in [2.45, 2.75) is 12.3 Å². The average molecular weight is 349 g/mol. The molecule has 1 saturated heterocycles. The number of benzene rings is 1. The van der Waals surface area contributed by atoms with Crippen LogP contribution in [-0.4, -0.2) is 47.0 Å². The molecule has 0 saturated carbocycles. The molecule has 1 fully saturated rings. The molecule has 0 unspecified atom stereocenters. The van der Waals surface area contributed by atoms with E-state index in [1.807, 2.05) is 36.5 Å². The van der Waals surface area contributed by atoms with Gasteiger partial charge in [0, 0.05) is 37.3 Å². The minimum absolute atomic E-state index is 0.0407. The lowest BCUT2D eigenvalue weighted by molar-refractivity contribution is 0.204. The van der Waals surface area contributed by atoms with Gasteiger partial charge in [-0.25, -0.2) is 4.79 Å². The number of nitrogens with one attached hydrogen (secondary N) is 1. The first-order chi connectivity index (χ1) is 11.6.